The van der Waals surface area contributed by atoms with E-state index in [4.69, 9.17) is 12.2 Å². The molecule has 0 aliphatic carbocycles. The lowest BCUT2D eigenvalue weighted by molar-refractivity contribution is -0.132. The maximum Gasteiger partial charge on any atom is 0.501 e. The third-order valence-electron chi connectivity index (χ3n) is 3.65. The Labute approximate surface area is 171 Å². The van der Waals surface area contributed by atoms with Crippen molar-refractivity contribution in [2.75, 3.05) is 11.9 Å². The van der Waals surface area contributed by atoms with Gasteiger partial charge in [0.15, 0.2) is 4.32 Å². The molecule has 1 N–H and O–H groups in total. The number of thiocarbonyl (C=S) groups is 1. The second kappa shape index (κ2) is 6.93. The zero-order valence-electron chi connectivity index (χ0n) is 14.0. The molecule has 0 bridgehead atoms. The number of sulfone groups is 1. The fourth-order valence-electron chi connectivity index (χ4n) is 2.38. The smallest absolute Gasteiger partial charge is 0.337 e. The van der Waals surface area contributed by atoms with Crippen molar-refractivity contribution >= 4 is 67.4 Å². The van der Waals surface area contributed by atoms with Gasteiger partial charge in [0, 0.05) is 18.9 Å². The number of amides is 2. The fraction of sp³-hybridized carbons (Fsp3) is 0.214. The summed E-state index contributed by atoms with van der Waals surface area (Å²) in [4.78, 5) is 24.9. The zero-order chi connectivity index (χ0) is 21.0. The van der Waals surface area contributed by atoms with E-state index >= 15 is 0 Å². The van der Waals surface area contributed by atoms with Crippen molar-refractivity contribution in [2.45, 2.75) is 22.2 Å². The number of thioether (sulfide) groups is 2. The molecule has 1 fully saturated rings. The number of nitrogens with zero attached hydrogens (tertiary/aromatic N) is 2. The van der Waals surface area contributed by atoms with E-state index < -0.39 is 32.1 Å². The maximum absolute atomic E-state index is 12.8. The first-order chi connectivity index (χ1) is 12.8. The molecule has 0 aromatic heterocycles. The van der Waals surface area contributed by atoms with Crippen molar-refractivity contribution in [3.05, 3.63) is 28.1 Å². The van der Waals surface area contributed by atoms with E-state index in [0.717, 1.165) is 40.7 Å². The van der Waals surface area contributed by atoms with Gasteiger partial charge in [-0.15, -0.1) is 0 Å². The quantitative estimate of drug-likeness (QED) is 0.523. The number of hydrogen-bond acceptors (Lipinski definition) is 8. The number of fused-ring (bicyclic) bond motifs is 1. The maximum atomic E-state index is 12.8. The number of hydrazine groups is 1. The summed E-state index contributed by atoms with van der Waals surface area (Å²) in [5.41, 5.74) is -2.92. The van der Waals surface area contributed by atoms with Crippen LogP contribution in [0.1, 0.15) is 6.92 Å². The lowest BCUT2D eigenvalue weighted by Gasteiger charge is -2.16. The number of anilines is 1. The Kier molecular flexibility index (Phi) is 5.19. The SMILES string of the molecule is CC(=O)NN1C(=O)C(=C2Sc3ccc(S(=O)(=O)C(F)(F)F)cc3N2C)SC1=S. The molecule has 2 amide bonds. The van der Waals surface area contributed by atoms with Crippen molar-refractivity contribution in [3.8, 4) is 0 Å². The van der Waals surface area contributed by atoms with Gasteiger partial charge in [0.2, 0.25) is 5.91 Å². The van der Waals surface area contributed by atoms with Gasteiger partial charge in [-0.3, -0.25) is 15.0 Å². The predicted octanol–water partition coefficient (Wildman–Crippen LogP) is 2.60. The van der Waals surface area contributed by atoms with Crippen LogP contribution in [0.2, 0.25) is 0 Å². The van der Waals surface area contributed by atoms with Gasteiger partial charge < -0.3 is 4.90 Å². The highest BCUT2D eigenvalue weighted by molar-refractivity contribution is 8.27. The number of benzene rings is 1. The molecule has 2 heterocycles. The van der Waals surface area contributed by atoms with E-state index in [1.54, 1.807) is 0 Å². The molecular formula is C14H10F3N3O4S4. The molecule has 14 heteroatoms. The fourth-order valence-corrected chi connectivity index (χ4v) is 5.64. The monoisotopic (exact) mass is 469 g/mol. The molecule has 1 aromatic rings. The Morgan fingerprint density at radius 2 is 1.89 bits per heavy atom. The molecule has 0 spiro atoms. The van der Waals surface area contributed by atoms with E-state index in [0.29, 0.717) is 9.92 Å². The van der Waals surface area contributed by atoms with Gasteiger partial charge in [0.1, 0.15) is 4.91 Å². The second-order valence-corrected chi connectivity index (χ2v) is 10.2. The van der Waals surface area contributed by atoms with Gasteiger partial charge >= 0.3 is 5.51 Å². The van der Waals surface area contributed by atoms with Gasteiger partial charge in [-0.25, -0.2) is 8.42 Å². The molecule has 1 aromatic carbocycles. The Morgan fingerprint density at radius 3 is 2.46 bits per heavy atom. The van der Waals surface area contributed by atoms with Crippen LogP contribution in [0.5, 0.6) is 0 Å². The molecular weight excluding hydrogens is 459 g/mol. The molecule has 28 heavy (non-hydrogen) atoms. The van der Waals surface area contributed by atoms with Crippen LogP contribution < -0.4 is 10.3 Å². The summed E-state index contributed by atoms with van der Waals surface area (Å²) < 4.78 is 61.8. The summed E-state index contributed by atoms with van der Waals surface area (Å²) in [6, 6.07) is 3.03. The Bertz CT molecular complexity index is 1050. The first-order valence-electron chi connectivity index (χ1n) is 7.29. The van der Waals surface area contributed by atoms with Crippen LogP contribution >= 0.6 is 35.7 Å². The van der Waals surface area contributed by atoms with Gasteiger partial charge in [0.25, 0.3) is 15.7 Å². The molecule has 2 aliphatic heterocycles. The second-order valence-electron chi connectivity index (χ2n) is 5.55. The van der Waals surface area contributed by atoms with Crippen molar-refractivity contribution < 1.29 is 31.2 Å². The standard InChI is InChI=1S/C14H10F3N3O4S4/c1-6(21)18-20-11(22)10(27-13(20)25)12-19(2)8-5-7(3-4-9(8)26-12)28(23,24)14(15,16)17/h3-5H,1-2H3,(H,18,21). The summed E-state index contributed by atoms with van der Waals surface area (Å²) in [7, 11) is -4.01. The number of nitrogens with one attached hydrogen (secondary N) is 1. The van der Waals surface area contributed by atoms with Crippen LogP contribution in [0.4, 0.5) is 18.9 Å². The third-order valence-corrected chi connectivity index (χ3v) is 7.86. The van der Waals surface area contributed by atoms with Gasteiger partial charge in [-0.05, 0) is 42.2 Å². The first-order valence-corrected chi connectivity index (χ1v) is 10.8. The molecule has 7 nitrogen and oxygen atoms in total. The van der Waals surface area contributed by atoms with Crippen LogP contribution in [-0.2, 0) is 19.4 Å². The Balaban J connectivity index is 2.00. The van der Waals surface area contributed by atoms with E-state index in [-0.39, 0.29) is 14.9 Å². The molecule has 0 saturated carbocycles. The Morgan fingerprint density at radius 1 is 1.25 bits per heavy atom. The summed E-state index contributed by atoms with van der Waals surface area (Å²) in [6.07, 6.45) is 0. The van der Waals surface area contributed by atoms with Crippen LogP contribution in [0.3, 0.4) is 0 Å². The highest BCUT2D eigenvalue weighted by Gasteiger charge is 2.47. The van der Waals surface area contributed by atoms with E-state index in [1.807, 2.05) is 0 Å². The number of carbonyl (C=O) groups excluding carboxylic acids is 2. The van der Waals surface area contributed by atoms with Gasteiger partial charge in [-0.2, -0.15) is 18.2 Å². The third kappa shape index (κ3) is 3.38. The highest BCUT2D eigenvalue weighted by atomic mass is 32.2. The number of halogens is 3. The minimum absolute atomic E-state index is 0.0907. The number of alkyl halides is 3. The number of hydrogen-bond donors (Lipinski definition) is 1. The number of rotatable bonds is 2. The summed E-state index contributed by atoms with van der Waals surface area (Å²) in [6.45, 7) is 1.21. The van der Waals surface area contributed by atoms with Crippen LogP contribution in [0, 0.1) is 0 Å². The largest absolute Gasteiger partial charge is 0.501 e. The van der Waals surface area contributed by atoms with Crippen LogP contribution in [0.15, 0.2) is 37.9 Å². The van der Waals surface area contributed by atoms with Crippen molar-refractivity contribution in [3.63, 3.8) is 0 Å². The van der Waals surface area contributed by atoms with E-state index in [1.165, 1.54) is 24.9 Å². The summed E-state index contributed by atoms with van der Waals surface area (Å²) in [5.74, 6) is -1.09. The summed E-state index contributed by atoms with van der Waals surface area (Å²) in [5, 5.41) is 1.27. The zero-order valence-corrected chi connectivity index (χ0v) is 17.3. The Hall–Kier alpha value is -1.77. The summed E-state index contributed by atoms with van der Waals surface area (Å²) >= 11 is 7.08. The van der Waals surface area contributed by atoms with E-state index in [9.17, 15) is 31.2 Å². The van der Waals surface area contributed by atoms with Crippen molar-refractivity contribution in [1.82, 2.24) is 10.4 Å². The molecule has 3 rings (SSSR count). The van der Waals surface area contributed by atoms with Gasteiger partial charge in [-0.1, -0.05) is 11.8 Å². The first kappa shape index (κ1) is 21.0. The van der Waals surface area contributed by atoms with E-state index in [2.05, 4.69) is 5.43 Å². The lowest BCUT2D eigenvalue weighted by Crippen LogP contribution is -2.43. The average Bonchev–Trinajstić information content (AvgIpc) is 3.04. The highest BCUT2D eigenvalue weighted by Crippen LogP contribution is 2.50. The minimum Gasteiger partial charge on any atom is -0.337 e. The molecule has 1 saturated heterocycles. The molecule has 0 unspecified atom stereocenters. The average molecular weight is 470 g/mol. The molecule has 0 radical (unpaired) electrons. The molecule has 2 aliphatic rings. The molecule has 150 valence electrons. The van der Waals surface area contributed by atoms with Crippen LogP contribution in [0.25, 0.3) is 0 Å². The van der Waals surface area contributed by atoms with Crippen LogP contribution in [-0.4, -0.2) is 42.1 Å². The van der Waals surface area contributed by atoms with Gasteiger partial charge in [0.05, 0.1) is 15.6 Å². The normalized spacial score (nSPS) is 20.0. The topological polar surface area (TPSA) is 86.8 Å². The predicted molar refractivity (Wildman–Crippen MR) is 102 cm³/mol. The lowest BCUT2D eigenvalue weighted by atomic mass is 10.3. The minimum atomic E-state index is -5.50. The van der Waals surface area contributed by atoms with Crippen molar-refractivity contribution in [1.29, 1.82) is 0 Å². The molecule has 0 atom stereocenters. The number of carbonyl (C=O) groups is 2. The van der Waals surface area contributed by atoms with Crippen molar-refractivity contribution in [2.24, 2.45) is 0 Å².